The summed E-state index contributed by atoms with van der Waals surface area (Å²) in [4.78, 5) is 0. The van der Waals surface area contributed by atoms with Crippen molar-refractivity contribution >= 4 is 19.5 Å². The molecule has 0 aliphatic heterocycles. The fourth-order valence-corrected chi connectivity index (χ4v) is 1.27. The van der Waals surface area contributed by atoms with Crippen molar-refractivity contribution in [3.05, 3.63) is 0 Å². The van der Waals surface area contributed by atoms with Crippen molar-refractivity contribution in [2.24, 2.45) is 0 Å². The molecule has 0 atom stereocenters. The van der Waals surface area contributed by atoms with Crippen LogP contribution >= 0.6 is 0 Å². The van der Waals surface area contributed by atoms with Crippen LogP contribution in [0.1, 0.15) is 13.8 Å². The first kappa shape index (κ1) is 15.6. The van der Waals surface area contributed by atoms with Gasteiger partial charge < -0.3 is 0 Å². The van der Waals surface area contributed by atoms with Crippen molar-refractivity contribution < 1.29 is 38.1 Å². The third kappa shape index (κ3) is 117. The van der Waals surface area contributed by atoms with Crippen molar-refractivity contribution in [1.82, 2.24) is 0 Å². The molecular formula is C4H10F6ISb. The summed E-state index contributed by atoms with van der Waals surface area (Å²) >= 11 is -10.6. The normalized spacial score (nSPS) is 17.0. The van der Waals surface area contributed by atoms with Crippen molar-refractivity contribution in [3.63, 3.8) is 0 Å². The van der Waals surface area contributed by atoms with E-state index in [1.165, 1.54) is 8.86 Å². The fraction of sp³-hybridized carbons (Fsp3) is 1.00. The van der Waals surface area contributed by atoms with Crippen LogP contribution in [-0.4, -0.2) is 28.3 Å². The zero-order valence-electron chi connectivity index (χ0n) is 6.51. The molecule has 0 spiro atoms. The second-order valence-electron chi connectivity index (χ2n) is 1.68. The molecule has 0 radical (unpaired) electrons. The minimum absolute atomic E-state index is 0.631. The summed E-state index contributed by atoms with van der Waals surface area (Å²) in [5.41, 5.74) is 0. The summed E-state index contributed by atoms with van der Waals surface area (Å²) in [5.74, 6) is 0. The molecule has 0 unspecified atom stereocenters. The molecule has 0 aromatic heterocycles. The second-order valence-corrected chi connectivity index (χ2v) is 11.3. The molecule has 0 heterocycles. The van der Waals surface area contributed by atoms with Gasteiger partial charge in [0.1, 0.15) is 8.86 Å². The van der Waals surface area contributed by atoms with E-state index in [4.69, 9.17) is 0 Å². The van der Waals surface area contributed by atoms with Gasteiger partial charge >= 0.3 is 36.4 Å². The van der Waals surface area contributed by atoms with Crippen LogP contribution in [0.15, 0.2) is 0 Å². The Morgan fingerprint density at radius 1 is 0.833 bits per heavy atom. The molecule has 0 fully saturated rings. The van der Waals surface area contributed by atoms with Gasteiger partial charge in [-0.25, -0.2) is 0 Å². The molecule has 0 aromatic rings. The molecule has 0 aromatic carbocycles. The Bertz CT molecular complexity index is 109. The van der Waals surface area contributed by atoms with Crippen LogP contribution < -0.4 is 21.2 Å². The van der Waals surface area contributed by atoms with Gasteiger partial charge in [-0.15, -0.1) is 0 Å². The topological polar surface area (TPSA) is 0 Å². The summed E-state index contributed by atoms with van der Waals surface area (Å²) in [6.07, 6.45) is 0. The number of alkyl halides is 2. The second kappa shape index (κ2) is 4.10. The summed E-state index contributed by atoms with van der Waals surface area (Å²) in [5, 5.41) is 0. The Balaban J connectivity index is 0. The summed E-state index contributed by atoms with van der Waals surface area (Å²) in [6, 6.07) is 0. The maximum absolute atomic E-state index is 11.2. The first-order valence-corrected chi connectivity index (χ1v) is 11.8. The van der Waals surface area contributed by atoms with Gasteiger partial charge in [-0.1, -0.05) is 0 Å². The molecule has 0 saturated heterocycles. The van der Waals surface area contributed by atoms with Crippen LogP contribution in [0.3, 0.4) is 0 Å². The van der Waals surface area contributed by atoms with Gasteiger partial charge in [-0.2, -0.15) is 0 Å². The van der Waals surface area contributed by atoms with Crippen LogP contribution in [0.25, 0.3) is 0 Å². The number of hydrogen-bond acceptors (Lipinski definition) is 0. The fourth-order valence-electron chi connectivity index (χ4n) is 0.189. The summed E-state index contributed by atoms with van der Waals surface area (Å²) in [7, 11) is 0. The minimum atomic E-state index is -11.2. The van der Waals surface area contributed by atoms with E-state index >= 15 is 0 Å². The van der Waals surface area contributed by atoms with Gasteiger partial charge in [0.05, 0.1) is 0 Å². The molecule has 0 saturated carbocycles. The Morgan fingerprint density at radius 3 is 1.00 bits per heavy atom. The van der Waals surface area contributed by atoms with E-state index in [2.05, 4.69) is 13.8 Å². The molecule has 12 heavy (non-hydrogen) atoms. The molecule has 8 heteroatoms. The Kier molecular flexibility index (Phi) is 5.33. The van der Waals surface area contributed by atoms with E-state index in [0.29, 0.717) is 21.2 Å². The van der Waals surface area contributed by atoms with Crippen LogP contribution in [0.4, 0.5) is 16.9 Å². The van der Waals surface area contributed by atoms with Crippen molar-refractivity contribution in [1.29, 1.82) is 0 Å². The SMILES string of the molecule is CC[I+]CC.[F][Sb-]([F])([F])([F])([F])[F]. The van der Waals surface area contributed by atoms with Crippen LogP contribution in [0, 0.1) is 0 Å². The monoisotopic (exact) mass is 420 g/mol. The molecule has 0 bridgehead atoms. The molecule has 0 rings (SSSR count). The predicted molar refractivity (Wildman–Crippen MR) is 33.5 cm³/mol. The average molecular weight is 421 g/mol. The van der Waals surface area contributed by atoms with Crippen LogP contribution in [0.5, 0.6) is 0 Å². The van der Waals surface area contributed by atoms with E-state index < -0.39 is 19.5 Å². The van der Waals surface area contributed by atoms with Gasteiger partial charge in [0.2, 0.25) is 0 Å². The Labute approximate surface area is 79.9 Å². The van der Waals surface area contributed by atoms with E-state index in [-0.39, 0.29) is 0 Å². The third-order valence-electron chi connectivity index (χ3n) is 0.378. The van der Waals surface area contributed by atoms with Crippen molar-refractivity contribution in [3.8, 4) is 0 Å². The molecular weight excluding hydrogens is 411 g/mol. The molecule has 0 aliphatic rings. The number of rotatable bonds is 2. The summed E-state index contributed by atoms with van der Waals surface area (Å²) < 4.78 is 62.5. The first-order chi connectivity index (χ1) is 4.86. The quantitative estimate of drug-likeness (QED) is 0.260. The van der Waals surface area contributed by atoms with Crippen LogP contribution in [0.2, 0.25) is 0 Å². The van der Waals surface area contributed by atoms with Gasteiger partial charge in [0.25, 0.3) is 21.2 Å². The number of halogens is 7. The van der Waals surface area contributed by atoms with E-state index in [0.717, 1.165) is 0 Å². The van der Waals surface area contributed by atoms with Gasteiger partial charge in [-0.3, -0.25) is 0 Å². The van der Waals surface area contributed by atoms with E-state index in [1.54, 1.807) is 0 Å². The van der Waals surface area contributed by atoms with Gasteiger partial charge in [-0.05, 0) is 13.8 Å². The summed E-state index contributed by atoms with van der Waals surface area (Å²) in [6.45, 7) is 4.52. The molecule has 80 valence electrons. The standard InChI is InChI=1S/C4H10I.6FH.Sb/c1-3-5-4-2;;;;;;;/h3-4H2,1-2H3;6*1H;/q+1;;;;;;;+5/p-6. The van der Waals surface area contributed by atoms with Crippen molar-refractivity contribution in [2.45, 2.75) is 13.8 Å². The third-order valence-corrected chi connectivity index (χ3v) is 2.54. The maximum atomic E-state index is 9.93. The van der Waals surface area contributed by atoms with E-state index in [1.807, 2.05) is 0 Å². The molecule has 0 nitrogen and oxygen atoms in total. The first-order valence-electron chi connectivity index (χ1n) is 2.96. The Morgan fingerprint density at radius 2 is 1.00 bits per heavy atom. The predicted octanol–water partition coefficient (Wildman–Crippen LogP) is 0.256. The molecule has 0 amide bonds. The zero-order chi connectivity index (χ0) is 10.5. The van der Waals surface area contributed by atoms with Gasteiger partial charge in [0.15, 0.2) is 0 Å². The van der Waals surface area contributed by atoms with E-state index in [9.17, 15) is 16.9 Å². The zero-order valence-corrected chi connectivity index (χ0v) is 11.2. The van der Waals surface area contributed by atoms with Gasteiger partial charge in [0, 0.05) is 0 Å². The van der Waals surface area contributed by atoms with Crippen molar-refractivity contribution in [2.75, 3.05) is 8.86 Å². The molecule has 0 N–H and O–H groups in total. The number of hydrogen-bond donors (Lipinski definition) is 0. The van der Waals surface area contributed by atoms with Crippen LogP contribution in [-0.2, 0) is 0 Å². The average Bonchev–Trinajstić information content (AvgIpc) is 1.58. The molecule has 0 aliphatic carbocycles. The Hall–Kier alpha value is 1.13.